The highest BCUT2D eigenvalue weighted by atomic mass is 16.3. The minimum absolute atomic E-state index is 0.282. The second-order valence-electron chi connectivity index (χ2n) is 4.25. The van der Waals surface area contributed by atoms with Crippen LogP contribution in [0.25, 0.3) is 0 Å². The molecule has 0 spiro atoms. The maximum atomic E-state index is 9.83. The van der Waals surface area contributed by atoms with Crippen LogP contribution in [-0.4, -0.2) is 5.11 Å². The van der Waals surface area contributed by atoms with Gasteiger partial charge in [0, 0.05) is 0 Å². The number of rotatable bonds is 5. The molecule has 1 rings (SSSR count). The van der Waals surface area contributed by atoms with Crippen molar-refractivity contribution in [2.45, 2.75) is 39.2 Å². The molecule has 0 amide bonds. The zero-order chi connectivity index (χ0) is 10.4. The van der Waals surface area contributed by atoms with Crippen LogP contribution in [-0.2, 0) is 0 Å². The van der Waals surface area contributed by atoms with E-state index in [1.165, 1.54) is 6.42 Å². The number of aliphatic hydroxyl groups is 1. The van der Waals surface area contributed by atoms with Crippen LogP contribution in [0.1, 0.15) is 44.8 Å². The average molecular weight is 192 g/mol. The molecule has 1 heteroatoms. The molecule has 0 aliphatic carbocycles. The molecule has 0 saturated heterocycles. The third kappa shape index (κ3) is 3.93. The lowest BCUT2D eigenvalue weighted by atomic mass is 10.0. The molecule has 1 aromatic rings. The fourth-order valence-electron chi connectivity index (χ4n) is 1.56. The summed E-state index contributed by atoms with van der Waals surface area (Å²) in [6, 6.07) is 9.90. The van der Waals surface area contributed by atoms with Gasteiger partial charge in [-0.05, 0) is 17.9 Å². The van der Waals surface area contributed by atoms with Crippen molar-refractivity contribution >= 4 is 0 Å². The van der Waals surface area contributed by atoms with Crippen molar-refractivity contribution in [3.63, 3.8) is 0 Å². The predicted octanol–water partition coefficient (Wildman–Crippen LogP) is 3.55. The maximum Gasteiger partial charge on any atom is 0.0790 e. The van der Waals surface area contributed by atoms with Gasteiger partial charge in [-0.15, -0.1) is 0 Å². The number of hydrogen-bond donors (Lipinski definition) is 1. The van der Waals surface area contributed by atoms with Crippen molar-refractivity contribution in [3.05, 3.63) is 35.9 Å². The second-order valence-corrected chi connectivity index (χ2v) is 4.25. The average Bonchev–Trinajstić information content (AvgIpc) is 2.18. The van der Waals surface area contributed by atoms with Crippen LogP contribution in [0, 0.1) is 5.92 Å². The number of hydrogen-bond acceptors (Lipinski definition) is 1. The van der Waals surface area contributed by atoms with Crippen LogP contribution in [0.4, 0.5) is 0 Å². The van der Waals surface area contributed by atoms with Gasteiger partial charge in [0.05, 0.1) is 6.10 Å². The van der Waals surface area contributed by atoms with Gasteiger partial charge in [-0.3, -0.25) is 0 Å². The van der Waals surface area contributed by atoms with Crippen molar-refractivity contribution < 1.29 is 5.11 Å². The first kappa shape index (κ1) is 11.3. The highest BCUT2D eigenvalue weighted by Crippen LogP contribution is 2.19. The lowest BCUT2D eigenvalue weighted by molar-refractivity contribution is 0.162. The Balaban J connectivity index is 2.32. The molecule has 0 aromatic heterocycles. The lowest BCUT2D eigenvalue weighted by Gasteiger charge is -2.11. The highest BCUT2D eigenvalue weighted by Gasteiger charge is 2.06. The van der Waals surface area contributed by atoms with E-state index in [1.807, 2.05) is 30.3 Å². The lowest BCUT2D eigenvalue weighted by Crippen LogP contribution is -1.98. The second kappa shape index (κ2) is 5.82. The van der Waals surface area contributed by atoms with Crippen molar-refractivity contribution in [2.75, 3.05) is 0 Å². The summed E-state index contributed by atoms with van der Waals surface area (Å²) in [6.07, 6.45) is 2.90. The molecule has 0 aliphatic rings. The Labute approximate surface area is 86.8 Å². The molecule has 0 fully saturated rings. The molecule has 78 valence electrons. The minimum atomic E-state index is -0.282. The molecule has 1 atom stereocenters. The minimum Gasteiger partial charge on any atom is -0.388 e. The Hall–Kier alpha value is -0.820. The van der Waals surface area contributed by atoms with Gasteiger partial charge in [-0.1, -0.05) is 57.0 Å². The fraction of sp³-hybridized carbons (Fsp3) is 0.538. The van der Waals surface area contributed by atoms with Crippen LogP contribution in [0.15, 0.2) is 30.3 Å². The Morgan fingerprint density at radius 2 is 1.71 bits per heavy atom. The van der Waals surface area contributed by atoms with Crippen molar-refractivity contribution in [3.8, 4) is 0 Å². The smallest absolute Gasteiger partial charge is 0.0790 e. The molecule has 0 heterocycles. The van der Waals surface area contributed by atoms with Crippen molar-refractivity contribution in [2.24, 2.45) is 5.92 Å². The molecule has 14 heavy (non-hydrogen) atoms. The first-order chi connectivity index (χ1) is 6.70. The summed E-state index contributed by atoms with van der Waals surface area (Å²) in [4.78, 5) is 0. The first-order valence-corrected chi connectivity index (χ1v) is 5.43. The molecule has 0 saturated carbocycles. The largest absolute Gasteiger partial charge is 0.388 e. The van der Waals surface area contributed by atoms with E-state index in [4.69, 9.17) is 0 Å². The third-order valence-electron chi connectivity index (χ3n) is 2.44. The summed E-state index contributed by atoms with van der Waals surface area (Å²) < 4.78 is 0. The van der Waals surface area contributed by atoms with Crippen molar-refractivity contribution in [1.82, 2.24) is 0 Å². The Morgan fingerprint density at radius 3 is 2.29 bits per heavy atom. The summed E-state index contributed by atoms with van der Waals surface area (Å²) in [5, 5.41) is 9.83. The van der Waals surface area contributed by atoms with Gasteiger partial charge < -0.3 is 5.11 Å². The molecular formula is C13H20O. The Bertz CT molecular complexity index is 241. The predicted molar refractivity (Wildman–Crippen MR) is 60.1 cm³/mol. The SMILES string of the molecule is CC(C)CCCC(O)c1ccccc1. The molecule has 1 nitrogen and oxygen atoms in total. The van der Waals surface area contributed by atoms with Crippen LogP contribution in [0.3, 0.4) is 0 Å². The van der Waals surface area contributed by atoms with E-state index in [0.717, 1.165) is 24.3 Å². The van der Waals surface area contributed by atoms with E-state index in [2.05, 4.69) is 13.8 Å². The maximum absolute atomic E-state index is 9.83. The van der Waals surface area contributed by atoms with Gasteiger partial charge in [0.1, 0.15) is 0 Å². The van der Waals surface area contributed by atoms with Gasteiger partial charge in [0.25, 0.3) is 0 Å². The Kier molecular flexibility index (Phi) is 4.68. The summed E-state index contributed by atoms with van der Waals surface area (Å²) >= 11 is 0. The quantitative estimate of drug-likeness (QED) is 0.756. The molecule has 0 aliphatic heterocycles. The summed E-state index contributed by atoms with van der Waals surface area (Å²) in [5.41, 5.74) is 1.04. The topological polar surface area (TPSA) is 20.2 Å². The van der Waals surface area contributed by atoms with Crippen molar-refractivity contribution in [1.29, 1.82) is 0 Å². The van der Waals surface area contributed by atoms with Gasteiger partial charge in [0.2, 0.25) is 0 Å². The molecule has 1 unspecified atom stereocenters. The van der Waals surface area contributed by atoms with E-state index in [-0.39, 0.29) is 6.10 Å². The summed E-state index contributed by atoms with van der Waals surface area (Å²) in [6.45, 7) is 4.43. The van der Waals surface area contributed by atoms with Crippen LogP contribution in [0.5, 0.6) is 0 Å². The number of benzene rings is 1. The molecule has 0 radical (unpaired) electrons. The van der Waals surface area contributed by atoms with E-state index >= 15 is 0 Å². The monoisotopic (exact) mass is 192 g/mol. The van der Waals surface area contributed by atoms with E-state index in [0.29, 0.717) is 0 Å². The highest BCUT2D eigenvalue weighted by molar-refractivity contribution is 5.16. The standard InChI is InChI=1S/C13H20O/c1-11(2)7-6-10-13(14)12-8-4-3-5-9-12/h3-5,8-9,11,13-14H,6-7,10H2,1-2H3. The van der Waals surface area contributed by atoms with Crippen LogP contribution in [0.2, 0.25) is 0 Å². The molecule has 1 aromatic carbocycles. The molecule has 1 N–H and O–H groups in total. The summed E-state index contributed by atoms with van der Waals surface area (Å²) in [5.74, 6) is 0.734. The first-order valence-electron chi connectivity index (χ1n) is 5.43. The van der Waals surface area contributed by atoms with E-state index < -0.39 is 0 Å². The van der Waals surface area contributed by atoms with E-state index in [1.54, 1.807) is 0 Å². The van der Waals surface area contributed by atoms with Crippen LogP contribution >= 0.6 is 0 Å². The van der Waals surface area contributed by atoms with Gasteiger partial charge in [0.15, 0.2) is 0 Å². The van der Waals surface area contributed by atoms with Crippen LogP contribution < -0.4 is 0 Å². The number of aliphatic hydroxyl groups excluding tert-OH is 1. The Morgan fingerprint density at radius 1 is 1.07 bits per heavy atom. The zero-order valence-electron chi connectivity index (χ0n) is 9.11. The zero-order valence-corrected chi connectivity index (χ0v) is 9.11. The fourth-order valence-corrected chi connectivity index (χ4v) is 1.56. The third-order valence-corrected chi connectivity index (χ3v) is 2.44. The summed E-state index contributed by atoms with van der Waals surface area (Å²) in [7, 11) is 0. The van der Waals surface area contributed by atoms with E-state index in [9.17, 15) is 5.11 Å². The normalized spacial score (nSPS) is 13.1. The van der Waals surface area contributed by atoms with Gasteiger partial charge >= 0.3 is 0 Å². The van der Waals surface area contributed by atoms with Gasteiger partial charge in [-0.2, -0.15) is 0 Å². The molecular weight excluding hydrogens is 172 g/mol. The van der Waals surface area contributed by atoms with Gasteiger partial charge in [-0.25, -0.2) is 0 Å². The molecule has 0 bridgehead atoms.